The van der Waals surface area contributed by atoms with Gasteiger partial charge in [0.1, 0.15) is 0 Å². The molecule has 0 rings (SSSR count). The zero-order valence-corrected chi connectivity index (χ0v) is 8.42. The molecule has 0 spiro atoms. The molecule has 1 unspecified atom stereocenters. The van der Waals surface area contributed by atoms with E-state index >= 15 is 0 Å². The summed E-state index contributed by atoms with van der Waals surface area (Å²) in [5, 5.41) is 0. The molecule has 0 aromatic carbocycles. The zero-order valence-electron chi connectivity index (χ0n) is 7.60. The first-order valence-corrected chi connectivity index (χ1v) is 5.02. The van der Waals surface area contributed by atoms with E-state index in [-0.39, 0.29) is 5.60 Å². The fourth-order valence-electron chi connectivity index (χ4n) is 0.872. The summed E-state index contributed by atoms with van der Waals surface area (Å²) in [6, 6.07) is 0. The lowest BCUT2D eigenvalue weighted by Crippen LogP contribution is -2.26. The Balaban J connectivity index is 3.47. The highest BCUT2D eigenvalue weighted by molar-refractivity contribution is 7.98. The zero-order chi connectivity index (χ0) is 8.20. The van der Waals surface area contributed by atoms with Crippen LogP contribution in [0.3, 0.4) is 0 Å². The van der Waals surface area contributed by atoms with Crippen molar-refractivity contribution < 1.29 is 4.74 Å². The van der Waals surface area contributed by atoms with Crippen molar-refractivity contribution >= 4 is 11.8 Å². The maximum atomic E-state index is 5.66. The van der Waals surface area contributed by atoms with Gasteiger partial charge in [-0.3, -0.25) is 0 Å². The second-order valence-corrected chi connectivity index (χ2v) is 4.41. The quantitative estimate of drug-likeness (QED) is 0.630. The number of hydrogen-bond donors (Lipinski definition) is 0. The van der Waals surface area contributed by atoms with Gasteiger partial charge < -0.3 is 4.74 Å². The van der Waals surface area contributed by atoms with Gasteiger partial charge in [0.2, 0.25) is 0 Å². The lowest BCUT2D eigenvalue weighted by molar-refractivity contribution is -0.0403. The fourth-order valence-corrected chi connectivity index (χ4v) is 1.41. The SMILES string of the molecule is CSCC(C)OC(C)(C)C. The molecule has 0 aliphatic carbocycles. The summed E-state index contributed by atoms with van der Waals surface area (Å²) in [7, 11) is 0. The minimum Gasteiger partial charge on any atom is -0.372 e. The van der Waals surface area contributed by atoms with Gasteiger partial charge in [0.15, 0.2) is 0 Å². The van der Waals surface area contributed by atoms with Gasteiger partial charge in [-0.1, -0.05) is 0 Å². The molecule has 0 radical (unpaired) electrons. The Labute approximate surface area is 68.5 Å². The Morgan fingerprint density at radius 2 is 1.90 bits per heavy atom. The number of ether oxygens (including phenoxy) is 1. The van der Waals surface area contributed by atoms with Crippen LogP contribution in [0.15, 0.2) is 0 Å². The molecule has 1 atom stereocenters. The van der Waals surface area contributed by atoms with Crippen LogP contribution >= 0.6 is 11.8 Å². The Kier molecular flexibility index (Phi) is 4.37. The van der Waals surface area contributed by atoms with Gasteiger partial charge >= 0.3 is 0 Å². The van der Waals surface area contributed by atoms with E-state index in [1.165, 1.54) is 0 Å². The van der Waals surface area contributed by atoms with Crippen LogP contribution in [0.4, 0.5) is 0 Å². The summed E-state index contributed by atoms with van der Waals surface area (Å²) in [4.78, 5) is 0. The average molecular weight is 162 g/mol. The van der Waals surface area contributed by atoms with Crippen molar-refractivity contribution in [1.29, 1.82) is 0 Å². The maximum Gasteiger partial charge on any atom is 0.0644 e. The molecule has 10 heavy (non-hydrogen) atoms. The van der Waals surface area contributed by atoms with E-state index in [0.29, 0.717) is 6.10 Å². The standard InChI is InChI=1S/C8H18OS/c1-7(6-10-5)9-8(2,3)4/h7H,6H2,1-5H3. The van der Waals surface area contributed by atoms with Gasteiger partial charge in [-0.05, 0) is 34.0 Å². The highest BCUT2D eigenvalue weighted by Gasteiger charge is 2.13. The number of rotatable bonds is 3. The van der Waals surface area contributed by atoms with Gasteiger partial charge in [0, 0.05) is 5.75 Å². The van der Waals surface area contributed by atoms with Crippen LogP contribution < -0.4 is 0 Å². The van der Waals surface area contributed by atoms with Crippen LogP contribution in [0.25, 0.3) is 0 Å². The topological polar surface area (TPSA) is 9.23 Å². The molecule has 0 N–H and O–H groups in total. The first-order chi connectivity index (χ1) is 4.45. The van der Waals surface area contributed by atoms with E-state index in [4.69, 9.17) is 4.74 Å². The lowest BCUT2D eigenvalue weighted by atomic mass is 10.2. The summed E-state index contributed by atoms with van der Waals surface area (Å²) >= 11 is 1.83. The molecule has 0 fully saturated rings. The minimum absolute atomic E-state index is 0.00907. The van der Waals surface area contributed by atoms with Crippen LogP contribution in [0.1, 0.15) is 27.7 Å². The van der Waals surface area contributed by atoms with E-state index in [0.717, 1.165) is 5.75 Å². The van der Waals surface area contributed by atoms with E-state index < -0.39 is 0 Å². The summed E-state index contributed by atoms with van der Waals surface area (Å²) in [6.07, 6.45) is 2.47. The highest BCUT2D eigenvalue weighted by Crippen LogP contribution is 2.12. The van der Waals surface area contributed by atoms with Crippen molar-refractivity contribution in [3.05, 3.63) is 0 Å². The van der Waals surface area contributed by atoms with Gasteiger partial charge in [0.25, 0.3) is 0 Å². The molecule has 0 aliphatic heterocycles. The third kappa shape index (κ3) is 6.43. The molecular formula is C8H18OS. The summed E-state index contributed by atoms with van der Waals surface area (Å²) in [6.45, 7) is 8.37. The van der Waals surface area contributed by atoms with Crippen molar-refractivity contribution in [3.63, 3.8) is 0 Å². The second kappa shape index (κ2) is 4.24. The minimum atomic E-state index is 0.00907. The smallest absolute Gasteiger partial charge is 0.0644 e. The van der Waals surface area contributed by atoms with Crippen molar-refractivity contribution in [2.24, 2.45) is 0 Å². The van der Waals surface area contributed by atoms with Crippen LogP contribution in [-0.2, 0) is 4.74 Å². The van der Waals surface area contributed by atoms with Gasteiger partial charge in [-0.2, -0.15) is 11.8 Å². The summed E-state index contributed by atoms with van der Waals surface area (Å²) < 4.78 is 5.66. The van der Waals surface area contributed by atoms with E-state index in [2.05, 4.69) is 34.0 Å². The predicted molar refractivity (Wildman–Crippen MR) is 48.7 cm³/mol. The van der Waals surface area contributed by atoms with Crippen molar-refractivity contribution in [1.82, 2.24) is 0 Å². The van der Waals surface area contributed by atoms with Gasteiger partial charge in [0.05, 0.1) is 11.7 Å². The highest BCUT2D eigenvalue weighted by atomic mass is 32.2. The summed E-state index contributed by atoms with van der Waals surface area (Å²) in [5.41, 5.74) is 0.00907. The monoisotopic (exact) mass is 162 g/mol. The first kappa shape index (κ1) is 10.3. The van der Waals surface area contributed by atoms with E-state index in [9.17, 15) is 0 Å². The fraction of sp³-hybridized carbons (Fsp3) is 1.00. The number of thioether (sulfide) groups is 1. The van der Waals surface area contributed by atoms with E-state index in [1.807, 2.05) is 11.8 Å². The molecule has 0 aliphatic rings. The third-order valence-corrected chi connectivity index (χ3v) is 1.76. The molecule has 0 amide bonds. The third-order valence-electron chi connectivity index (χ3n) is 0.956. The largest absolute Gasteiger partial charge is 0.372 e. The normalized spacial score (nSPS) is 15.3. The van der Waals surface area contributed by atoms with Crippen molar-refractivity contribution in [3.8, 4) is 0 Å². The Morgan fingerprint density at radius 1 is 1.40 bits per heavy atom. The Bertz CT molecular complexity index is 85.7. The molecule has 0 heterocycles. The van der Waals surface area contributed by atoms with Gasteiger partial charge in [-0.15, -0.1) is 0 Å². The van der Waals surface area contributed by atoms with Crippen LogP contribution in [0, 0.1) is 0 Å². The van der Waals surface area contributed by atoms with Crippen LogP contribution in [0.5, 0.6) is 0 Å². The summed E-state index contributed by atoms with van der Waals surface area (Å²) in [5.74, 6) is 1.08. The molecule has 62 valence electrons. The Hall–Kier alpha value is 0.310. The molecule has 0 saturated carbocycles. The first-order valence-electron chi connectivity index (χ1n) is 3.62. The average Bonchev–Trinajstić information content (AvgIpc) is 1.59. The molecule has 0 bridgehead atoms. The molecule has 0 saturated heterocycles. The maximum absolute atomic E-state index is 5.66. The lowest BCUT2D eigenvalue weighted by Gasteiger charge is -2.24. The molecule has 0 aromatic heterocycles. The van der Waals surface area contributed by atoms with Gasteiger partial charge in [-0.25, -0.2) is 0 Å². The number of hydrogen-bond acceptors (Lipinski definition) is 2. The Morgan fingerprint density at radius 3 is 2.20 bits per heavy atom. The van der Waals surface area contributed by atoms with Crippen LogP contribution in [0.2, 0.25) is 0 Å². The van der Waals surface area contributed by atoms with E-state index in [1.54, 1.807) is 0 Å². The molecule has 0 aromatic rings. The van der Waals surface area contributed by atoms with Crippen molar-refractivity contribution in [2.75, 3.05) is 12.0 Å². The molecular weight excluding hydrogens is 144 g/mol. The molecule has 2 heteroatoms. The van der Waals surface area contributed by atoms with Crippen molar-refractivity contribution in [2.45, 2.75) is 39.4 Å². The molecule has 1 nitrogen and oxygen atoms in total. The second-order valence-electron chi connectivity index (χ2n) is 3.50. The predicted octanol–water partition coefficient (Wildman–Crippen LogP) is 2.55. The van der Waals surface area contributed by atoms with Crippen LogP contribution in [-0.4, -0.2) is 23.7 Å².